The number of alkyl halides is 3. The molecule has 1 aliphatic carbocycles. The Morgan fingerprint density at radius 1 is 1.56 bits per heavy atom. The van der Waals surface area contributed by atoms with Crippen LogP contribution in [0.25, 0.3) is 0 Å². The molecular formula is C10H11F3O3. The second-order valence-electron chi connectivity index (χ2n) is 3.41. The predicted molar refractivity (Wildman–Crippen MR) is 48.5 cm³/mol. The Kier molecular flexibility index (Phi) is 3.72. The first kappa shape index (κ1) is 12.7. The van der Waals surface area contributed by atoms with Gasteiger partial charge in [0.25, 0.3) is 0 Å². The Balaban J connectivity index is 2.96. The van der Waals surface area contributed by atoms with Gasteiger partial charge in [-0.3, -0.25) is 9.59 Å². The van der Waals surface area contributed by atoms with E-state index in [-0.39, 0.29) is 19.4 Å². The highest BCUT2D eigenvalue weighted by Gasteiger charge is 2.44. The third kappa shape index (κ3) is 2.84. The molecule has 0 N–H and O–H groups in total. The summed E-state index contributed by atoms with van der Waals surface area (Å²) >= 11 is 0. The van der Waals surface area contributed by atoms with Gasteiger partial charge < -0.3 is 4.74 Å². The van der Waals surface area contributed by atoms with E-state index >= 15 is 0 Å². The fourth-order valence-corrected chi connectivity index (χ4v) is 1.56. The molecule has 1 unspecified atom stereocenters. The van der Waals surface area contributed by atoms with Gasteiger partial charge in [-0.25, -0.2) is 0 Å². The van der Waals surface area contributed by atoms with Crippen molar-refractivity contribution >= 4 is 11.8 Å². The van der Waals surface area contributed by atoms with Crippen LogP contribution >= 0.6 is 0 Å². The molecule has 6 heteroatoms. The first-order valence-corrected chi connectivity index (χ1v) is 4.84. The van der Waals surface area contributed by atoms with Crippen LogP contribution in [0.2, 0.25) is 0 Å². The third-order valence-corrected chi connectivity index (χ3v) is 2.27. The lowest BCUT2D eigenvalue weighted by Gasteiger charge is -2.23. The molecule has 0 aromatic heterocycles. The average molecular weight is 236 g/mol. The van der Waals surface area contributed by atoms with Crippen LogP contribution in [-0.4, -0.2) is 24.5 Å². The summed E-state index contributed by atoms with van der Waals surface area (Å²) in [6.45, 7) is 1.54. The van der Waals surface area contributed by atoms with E-state index in [0.717, 1.165) is 0 Å². The summed E-state index contributed by atoms with van der Waals surface area (Å²) in [6.07, 6.45) is -4.34. The zero-order valence-electron chi connectivity index (χ0n) is 8.63. The molecule has 0 fully saturated rings. The molecule has 0 spiro atoms. The standard InChI is InChI=1S/C10H11F3O3/c1-2-16-9(15)7-4-3-6(14)5-8(7)10(11,12)13/h5,7H,2-4H2,1H3. The van der Waals surface area contributed by atoms with Gasteiger partial charge in [-0.2, -0.15) is 13.2 Å². The maximum absolute atomic E-state index is 12.5. The molecule has 1 atom stereocenters. The fraction of sp³-hybridized carbons (Fsp3) is 0.600. The summed E-state index contributed by atoms with van der Waals surface area (Å²) < 4.78 is 42.2. The molecule has 0 bridgehead atoms. The topological polar surface area (TPSA) is 43.4 Å². The van der Waals surface area contributed by atoms with Crippen molar-refractivity contribution in [3.63, 3.8) is 0 Å². The zero-order chi connectivity index (χ0) is 12.3. The maximum atomic E-state index is 12.5. The van der Waals surface area contributed by atoms with Crippen LogP contribution in [-0.2, 0) is 14.3 Å². The number of carbonyl (C=O) groups is 2. The highest BCUT2D eigenvalue weighted by Crippen LogP contribution is 2.37. The van der Waals surface area contributed by atoms with Crippen molar-refractivity contribution in [1.29, 1.82) is 0 Å². The van der Waals surface area contributed by atoms with Gasteiger partial charge >= 0.3 is 12.1 Å². The minimum absolute atomic E-state index is 0.0222. The minimum atomic E-state index is -4.66. The Labute approximate surface area is 90.3 Å². The van der Waals surface area contributed by atoms with Gasteiger partial charge in [0.2, 0.25) is 0 Å². The average Bonchev–Trinajstić information content (AvgIpc) is 2.16. The number of allylic oxidation sites excluding steroid dienone is 1. The summed E-state index contributed by atoms with van der Waals surface area (Å²) in [5, 5.41) is 0. The first-order valence-electron chi connectivity index (χ1n) is 4.84. The fourth-order valence-electron chi connectivity index (χ4n) is 1.56. The minimum Gasteiger partial charge on any atom is -0.466 e. The second-order valence-corrected chi connectivity index (χ2v) is 3.41. The van der Waals surface area contributed by atoms with Crippen molar-refractivity contribution in [2.75, 3.05) is 6.61 Å². The summed E-state index contributed by atoms with van der Waals surface area (Å²) in [7, 11) is 0. The number of halogens is 3. The molecular weight excluding hydrogens is 225 g/mol. The van der Waals surface area contributed by atoms with Crippen LogP contribution in [0.3, 0.4) is 0 Å². The maximum Gasteiger partial charge on any atom is 0.413 e. The molecule has 0 saturated heterocycles. The Bertz CT molecular complexity index is 331. The van der Waals surface area contributed by atoms with E-state index < -0.39 is 29.4 Å². The van der Waals surface area contributed by atoms with Gasteiger partial charge in [0.05, 0.1) is 18.1 Å². The SMILES string of the molecule is CCOC(=O)C1CCC(=O)C=C1C(F)(F)F. The van der Waals surface area contributed by atoms with Crippen LogP contribution in [0.5, 0.6) is 0 Å². The number of rotatable bonds is 2. The van der Waals surface area contributed by atoms with Crippen molar-refractivity contribution in [3.8, 4) is 0 Å². The number of carbonyl (C=O) groups excluding carboxylic acids is 2. The van der Waals surface area contributed by atoms with Gasteiger partial charge in [-0.05, 0) is 19.4 Å². The molecule has 0 aromatic rings. The summed E-state index contributed by atoms with van der Waals surface area (Å²) in [5.41, 5.74) is -1.10. The van der Waals surface area contributed by atoms with E-state index in [0.29, 0.717) is 6.08 Å². The number of hydrogen-bond acceptors (Lipinski definition) is 3. The highest BCUT2D eigenvalue weighted by molar-refractivity contribution is 5.94. The van der Waals surface area contributed by atoms with Crippen molar-refractivity contribution in [1.82, 2.24) is 0 Å². The lowest BCUT2D eigenvalue weighted by Crippen LogP contribution is -2.31. The largest absolute Gasteiger partial charge is 0.466 e. The van der Waals surface area contributed by atoms with Gasteiger partial charge in [0, 0.05) is 6.42 Å². The molecule has 0 aromatic carbocycles. The smallest absolute Gasteiger partial charge is 0.413 e. The summed E-state index contributed by atoms with van der Waals surface area (Å²) in [4.78, 5) is 22.2. The van der Waals surface area contributed by atoms with Crippen molar-refractivity contribution < 1.29 is 27.5 Å². The molecule has 0 saturated carbocycles. The molecule has 0 amide bonds. The van der Waals surface area contributed by atoms with Gasteiger partial charge in [0.15, 0.2) is 5.78 Å². The quantitative estimate of drug-likeness (QED) is 0.689. The molecule has 1 aliphatic rings. The summed E-state index contributed by atoms with van der Waals surface area (Å²) in [6, 6.07) is 0. The molecule has 0 aliphatic heterocycles. The van der Waals surface area contributed by atoms with E-state index in [1.54, 1.807) is 0 Å². The molecule has 3 nitrogen and oxygen atoms in total. The van der Waals surface area contributed by atoms with Crippen molar-refractivity contribution in [2.24, 2.45) is 5.92 Å². The van der Waals surface area contributed by atoms with E-state index in [1.165, 1.54) is 6.92 Å². The first-order chi connectivity index (χ1) is 7.36. The molecule has 0 radical (unpaired) electrons. The van der Waals surface area contributed by atoms with Gasteiger partial charge in [0.1, 0.15) is 0 Å². The molecule has 16 heavy (non-hydrogen) atoms. The van der Waals surface area contributed by atoms with Crippen molar-refractivity contribution in [3.05, 3.63) is 11.6 Å². The van der Waals surface area contributed by atoms with Crippen molar-refractivity contribution in [2.45, 2.75) is 25.9 Å². The van der Waals surface area contributed by atoms with Gasteiger partial charge in [-0.15, -0.1) is 0 Å². The van der Waals surface area contributed by atoms with Gasteiger partial charge in [-0.1, -0.05) is 0 Å². The molecule has 0 heterocycles. The van der Waals surface area contributed by atoms with E-state index in [2.05, 4.69) is 4.74 Å². The summed E-state index contributed by atoms with van der Waals surface area (Å²) in [5.74, 6) is -2.89. The Morgan fingerprint density at radius 3 is 2.69 bits per heavy atom. The lowest BCUT2D eigenvalue weighted by molar-refractivity contribution is -0.152. The number of ether oxygens (including phenoxy) is 1. The van der Waals surface area contributed by atoms with Crippen LogP contribution < -0.4 is 0 Å². The van der Waals surface area contributed by atoms with E-state index in [4.69, 9.17) is 0 Å². The van der Waals surface area contributed by atoms with Crippen LogP contribution in [0, 0.1) is 5.92 Å². The third-order valence-electron chi connectivity index (χ3n) is 2.27. The van der Waals surface area contributed by atoms with Crippen LogP contribution in [0.4, 0.5) is 13.2 Å². The predicted octanol–water partition coefficient (Wildman–Crippen LogP) is 2.02. The number of hydrogen-bond donors (Lipinski definition) is 0. The van der Waals surface area contributed by atoms with Crippen LogP contribution in [0.15, 0.2) is 11.6 Å². The lowest BCUT2D eigenvalue weighted by atomic mass is 9.86. The Hall–Kier alpha value is -1.33. The second kappa shape index (κ2) is 4.67. The highest BCUT2D eigenvalue weighted by atomic mass is 19.4. The molecule has 1 rings (SSSR count). The number of ketones is 1. The van der Waals surface area contributed by atoms with E-state index in [1.807, 2.05) is 0 Å². The van der Waals surface area contributed by atoms with E-state index in [9.17, 15) is 22.8 Å². The van der Waals surface area contributed by atoms with Crippen LogP contribution in [0.1, 0.15) is 19.8 Å². The molecule has 90 valence electrons. The Morgan fingerprint density at radius 2 is 2.19 bits per heavy atom. The zero-order valence-corrected chi connectivity index (χ0v) is 8.63. The normalized spacial score (nSPS) is 21.6. The number of esters is 1. The monoisotopic (exact) mass is 236 g/mol.